The van der Waals surface area contributed by atoms with Crippen LogP contribution >= 0.6 is 0 Å². The Kier molecular flexibility index (Phi) is 5.46. The average molecular weight is 314 g/mol. The maximum absolute atomic E-state index is 13.3. The van der Waals surface area contributed by atoms with Gasteiger partial charge in [-0.3, -0.25) is 9.59 Å². The highest BCUT2D eigenvalue weighted by Gasteiger charge is 2.14. The Morgan fingerprint density at radius 3 is 2.43 bits per heavy atom. The van der Waals surface area contributed by atoms with Crippen LogP contribution in [0.4, 0.5) is 15.8 Å². The monoisotopic (exact) mass is 314 g/mol. The Labute approximate surface area is 134 Å². The van der Waals surface area contributed by atoms with Crippen LogP contribution in [0.15, 0.2) is 48.5 Å². The Morgan fingerprint density at radius 1 is 1.13 bits per heavy atom. The third-order valence-corrected chi connectivity index (χ3v) is 3.40. The molecule has 0 aliphatic heterocycles. The maximum atomic E-state index is 13.3. The van der Waals surface area contributed by atoms with Crippen molar-refractivity contribution in [3.63, 3.8) is 0 Å². The first-order valence-corrected chi connectivity index (χ1v) is 7.36. The zero-order valence-corrected chi connectivity index (χ0v) is 13.2. The smallest absolute Gasteiger partial charge is 0.226 e. The van der Waals surface area contributed by atoms with Crippen LogP contribution in [-0.2, 0) is 9.59 Å². The maximum Gasteiger partial charge on any atom is 0.226 e. The molecule has 5 heteroatoms. The standard InChI is InChI=1S/C18H19FN2O2/c1-13-6-8-16(9-7-13)20-18(23)10-11-21(14(2)22)17-5-3-4-15(19)12-17/h3-9,12H,10-11H2,1-2H3,(H,20,23). The van der Waals surface area contributed by atoms with E-state index in [1.165, 1.54) is 30.0 Å². The Morgan fingerprint density at radius 2 is 1.83 bits per heavy atom. The lowest BCUT2D eigenvalue weighted by Crippen LogP contribution is -2.32. The van der Waals surface area contributed by atoms with Gasteiger partial charge in [-0.15, -0.1) is 0 Å². The van der Waals surface area contributed by atoms with E-state index in [-0.39, 0.29) is 24.8 Å². The summed E-state index contributed by atoms with van der Waals surface area (Å²) in [6.07, 6.45) is 0.129. The van der Waals surface area contributed by atoms with E-state index in [0.717, 1.165) is 5.56 Å². The van der Waals surface area contributed by atoms with Crippen molar-refractivity contribution in [1.29, 1.82) is 0 Å². The van der Waals surface area contributed by atoms with E-state index >= 15 is 0 Å². The van der Waals surface area contributed by atoms with Crippen LogP contribution < -0.4 is 10.2 Å². The average Bonchev–Trinajstić information content (AvgIpc) is 2.49. The zero-order chi connectivity index (χ0) is 16.8. The molecule has 2 amide bonds. The highest BCUT2D eigenvalue weighted by Crippen LogP contribution is 2.16. The van der Waals surface area contributed by atoms with Crippen LogP contribution in [0, 0.1) is 12.7 Å². The molecule has 0 fully saturated rings. The van der Waals surface area contributed by atoms with Gasteiger partial charge in [-0.05, 0) is 37.3 Å². The summed E-state index contributed by atoms with van der Waals surface area (Å²) in [5, 5.41) is 2.78. The fourth-order valence-corrected chi connectivity index (χ4v) is 2.19. The molecule has 0 heterocycles. The molecule has 0 spiro atoms. The SMILES string of the molecule is CC(=O)N(CCC(=O)Nc1ccc(C)cc1)c1cccc(F)c1. The number of amides is 2. The first-order valence-electron chi connectivity index (χ1n) is 7.36. The molecule has 0 aromatic heterocycles. The summed E-state index contributed by atoms with van der Waals surface area (Å²) in [4.78, 5) is 25.1. The predicted octanol–water partition coefficient (Wildman–Crippen LogP) is 3.52. The van der Waals surface area contributed by atoms with Gasteiger partial charge < -0.3 is 10.2 Å². The van der Waals surface area contributed by atoms with Gasteiger partial charge in [-0.25, -0.2) is 4.39 Å². The first kappa shape index (κ1) is 16.7. The quantitative estimate of drug-likeness (QED) is 0.918. The summed E-state index contributed by atoms with van der Waals surface area (Å²) in [7, 11) is 0. The third kappa shape index (κ3) is 4.92. The minimum Gasteiger partial charge on any atom is -0.326 e. The zero-order valence-electron chi connectivity index (χ0n) is 13.2. The van der Waals surface area contributed by atoms with Gasteiger partial charge in [-0.1, -0.05) is 23.8 Å². The van der Waals surface area contributed by atoms with Crippen molar-refractivity contribution < 1.29 is 14.0 Å². The van der Waals surface area contributed by atoms with Gasteiger partial charge in [0.05, 0.1) is 0 Å². The van der Waals surface area contributed by atoms with Crippen LogP contribution in [0.25, 0.3) is 0 Å². The first-order chi connectivity index (χ1) is 11.0. The number of nitrogens with one attached hydrogen (secondary N) is 1. The van der Waals surface area contributed by atoms with Gasteiger partial charge in [-0.2, -0.15) is 0 Å². The lowest BCUT2D eigenvalue weighted by Gasteiger charge is -2.21. The highest BCUT2D eigenvalue weighted by atomic mass is 19.1. The summed E-state index contributed by atoms with van der Waals surface area (Å²) in [5.74, 6) is -0.854. The number of carbonyl (C=O) groups excluding carboxylic acids is 2. The second-order valence-electron chi connectivity index (χ2n) is 5.31. The topological polar surface area (TPSA) is 49.4 Å². The number of aryl methyl sites for hydroxylation is 1. The van der Waals surface area contributed by atoms with Crippen molar-refractivity contribution in [2.75, 3.05) is 16.8 Å². The second-order valence-corrected chi connectivity index (χ2v) is 5.31. The number of carbonyl (C=O) groups is 2. The molecule has 0 atom stereocenters. The van der Waals surface area contributed by atoms with Crippen molar-refractivity contribution in [2.45, 2.75) is 20.3 Å². The summed E-state index contributed by atoms with van der Waals surface area (Å²) < 4.78 is 13.3. The Bertz CT molecular complexity index is 698. The normalized spacial score (nSPS) is 10.2. The van der Waals surface area contributed by atoms with E-state index in [4.69, 9.17) is 0 Å². The molecule has 2 aromatic carbocycles. The van der Waals surface area contributed by atoms with Gasteiger partial charge in [0, 0.05) is 31.3 Å². The Balaban J connectivity index is 1.97. The molecule has 0 unspecified atom stereocenters. The van der Waals surface area contributed by atoms with Crippen LogP contribution in [0.1, 0.15) is 18.9 Å². The lowest BCUT2D eigenvalue weighted by atomic mass is 10.2. The molecule has 0 radical (unpaired) electrons. The minimum absolute atomic E-state index is 0.129. The van der Waals surface area contributed by atoms with Crippen molar-refractivity contribution in [1.82, 2.24) is 0 Å². The van der Waals surface area contributed by atoms with Gasteiger partial charge in [0.15, 0.2) is 0 Å². The number of hydrogen-bond acceptors (Lipinski definition) is 2. The van der Waals surface area contributed by atoms with Gasteiger partial charge in [0.1, 0.15) is 5.82 Å². The molecule has 0 saturated heterocycles. The van der Waals surface area contributed by atoms with E-state index in [1.54, 1.807) is 6.07 Å². The second kappa shape index (κ2) is 7.54. The molecule has 0 aliphatic carbocycles. The van der Waals surface area contributed by atoms with Crippen molar-refractivity contribution in [3.8, 4) is 0 Å². The summed E-state index contributed by atoms with van der Waals surface area (Å²) in [5.41, 5.74) is 2.26. The van der Waals surface area contributed by atoms with Gasteiger partial charge in [0.25, 0.3) is 0 Å². The highest BCUT2D eigenvalue weighted by molar-refractivity contribution is 5.94. The number of nitrogens with zero attached hydrogens (tertiary/aromatic N) is 1. The molecule has 0 saturated carbocycles. The number of benzene rings is 2. The molecule has 120 valence electrons. The summed E-state index contributed by atoms with van der Waals surface area (Å²) in [6, 6.07) is 13.2. The van der Waals surface area contributed by atoms with E-state index in [1.807, 2.05) is 31.2 Å². The van der Waals surface area contributed by atoms with E-state index in [2.05, 4.69) is 5.32 Å². The molecule has 0 bridgehead atoms. The fourth-order valence-electron chi connectivity index (χ4n) is 2.19. The number of anilines is 2. The molecular formula is C18H19FN2O2. The molecule has 23 heavy (non-hydrogen) atoms. The van der Waals surface area contributed by atoms with E-state index < -0.39 is 5.82 Å². The van der Waals surface area contributed by atoms with Crippen molar-refractivity contribution in [3.05, 3.63) is 59.9 Å². The molecule has 0 aliphatic rings. The molecule has 2 rings (SSSR count). The number of rotatable bonds is 5. The summed E-state index contributed by atoms with van der Waals surface area (Å²) in [6.45, 7) is 3.55. The van der Waals surface area contributed by atoms with Gasteiger partial charge >= 0.3 is 0 Å². The molecule has 1 N–H and O–H groups in total. The van der Waals surface area contributed by atoms with Crippen LogP contribution in [-0.4, -0.2) is 18.4 Å². The Hall–Kier alpha value is -2.69. The fraction of sp³-hybridized carbons (Fsp3) is 0.222. The van der Waals surface area contributed by atoms with Crippen LogP contribution in [0.3, 0.4) is 0 Å². The molecule has 4 nitrogen and oxygen atoms in total. The third-order valence-electron chi connectivity index (χ3n) is 3.40. The van der Waals surface area contributed by atoms with Crippen molar-refractivity contribution >= 4 is 23.2 Å². The summed E-state index contributed by atoms with van der Waals surface area (Å²) >= 11 is 0. The number of hydrogen-bond donors (Lipinski definition) is 1. The van der Waals surface area contributed by atoms with E-state index in [0.29, 0.717) is 11.4 Å². The predicted molar refractivity (Wildman–Crippen MR) is 88.9 cm³/mol. The lowest BCUT2D eigenvalue weighted by molar-refractivity contribution is -0.117. The number of halogens is 1. The molecular weight excluding hydrogens is 295 g/mol. The van der Waals surface area contributed by atoms with Crippen LogP contribution in [0.5, 0.6) is 0 Å². The minimum atomic E-state index is -0.419. The van der Waals surface area contributed by atoms with Crippen molar-refractivity contribution in [2.24, 2.45) is 0 Å². The largest absolute Gasteiger partial charge is 0.326 e. The van der Waals surface area contributed by atoms with Crippen LogP contribution in [0.2, 0.25) is 0 Å². The molecule has 2 aromatic rings. The van der Waals surface area contributed by atoms with E-state index in [9.17, 15) is 14.0 Å². The van der Waals surface area contributed by atoms with Gasteiger partial charge in [0.2, 0.25) is 11.8 Å².